The molecule has 2 nitrogen and oxygen atoms in total. The van der Waals surface area contributed by atoms with E-state index in [9.17, 15) is 0 Å². The lowest BCUT2D eigenvalue weighted by atomic mass is 9.88. The molecule has 4 heterocycles. The van der Waals surface area contributed by atoms with E-state index in [1.165, 1.54) is 64.3 Å². The fraction of sp³-hybridized carbons (Fsp3) is 0.133. The van der Waals surface area contributed by atoms with E-state index in [0.29, 0.717) is 0 Å². The van der Waals surface area contributed by atoms with Crippen LogP contribution in [0.2, 0.25) is 0 Å². The van der Waals surface area contributed by atoms with Crippen molar-refractivity contribution in [3.8, 4) is 21.1 Å². The van der Waals surface area contributed by atoms with Gasteiger partial charge in [-0.3, -0.25) is 0 Å². The first kappa shape index (κ1) is 20.1. The Bertz CT molecular complexity index is 1740. The summed E-state index contributed by atoms with van der Waals surface area (Å²) in [6.45, 7) is 8.87. The summed E-state index contributed by atoms with van der Waals surface area (Å²) in [5, 5.41) is 11.8. The van der Waals surface area contributed by atoms with Crippen LogP contribution in [0.4, 0.5) is 0 Å². The normalized spacial score (nSPS) is 12.1. The molecule has 0 saturated heterocycles. The molecule has 34 heavy (non-hydrogen) atoms. The van der Waals surface area contributed by atoms with Crippen LogP contribution in [0.5, 0.6) is 0 Å². The fourth-order valence-electron chi connectivity index (χ4n) is 5.70. The summed E-state index contributed by atoms with van der Waals surface area (Å²) in [7, 11) is 0. The zero-order valence-corrected chi connectivity index (χ0v) is 21.1. The first-order valence-electron chi connectivity index (χ1n) is 11.5. The number of benzene rings is 3. The van der Waals surface area contributed by atoms with E-state index in [4.69, 9.17) is 9.97 Å². The van der Waals surface area contributed by atoms with E-state index < -0.39 is 0 Å². The Morgan fingerprint density at radius 3 is 1.35 bits per heavy atom. The standard InChI is InChI=1S/C30H22N2S2/c1-15-9-11-19-25-23(15)17(3)27(21-7-5-13-33-21)31-29(25)20-12-10-16(2)24-18(4)28(22-8-6-14-34-22)32-30(19)26(20)24/h5-14H,1-4H3. The smallest absolute Gasteiger partial charge is 0.0844 e. The van der Waals surface area contributed by atoms with Crippen LogP contribution in [0.15, 0.2) is 59.3 Å². The minimum Gasteiger partial charge on any atom is -0.246 e. The molecule has 7 rings (SSSR count). The molecule has 0 atom stereocenters. The zero-order valence-electron chi connectivity index (χ0n) is 19.5. The monoisotopic (exact) mass is 474 g/mol. The third-order valence-electron chi connectivity index (χ3n) is 7.23. The van der Waals surface area contributed by atoms with Crippen LogP contribution >= 0.6 is 22.7 Å². The first-order valence-corrected chi connectivity index (χ1v) is 13.3. The fourth-order valence-corrected chi connectivity index (χ4v) is 7.25. The van der Waals surface area contributed by atoms with Gasteiger partial charge in [-0.15, -0.1) is 22.7 Å². The molecule has 0 saturated carbocycles. The van der Waals surface area contributed by atoms with Crippen LogP contribution in [0, 0.1) is 27.7 Å². The summed E-state index contributed by atoms with van der Waals surface area (Å²) in [4.78, 5) is 13.1. The summed E-state index contributed by atoms with van der Waals surface area (Å²) < 4.78 is 0. The molecule has 0 fully saturated rings. The molecule has 0 amide bonds. The molecular weight excluding hydrogens is 452 g/mol. The molecule has 0 N–H and O–H groups in total. The Kier molecular flexibility index (Phi) is 4.18. The van der Waals surface area contributed by atoms with Crippen molar-refractivity contribution in [1.29, 1.82) is 0 Å². The van der Waals surface area contributed by atoms with E-state index in [0.717, 1.165) is 22.4 Å². The molecule has 0 radical (unpaired) electrons. The summed E-state index contributed by atoms with van der Waals surface area (Å²) in [5.41, 5.74) is 9.43. The van der Waals surface area contributed by atoms with Gasteiger partial charge in [-0.1, -0.05) is 36.4 Å². The largest absolute Gasteiger partial charge is 0.246 e. The quantitative estimate of drug-likeness (QED) is 0.184. The van der Waals surface area contributed by atoms with Gasteiger partial charge in [-0.25, -0.2) is 9.97 Å². The lowest BCUT2D eigenvalue weighted by molar-refractivity contribution is 1.34. The average molecular weight is 475 g/mol. The van der Waals surface area contributed by atoms with Crippen molar-refractivity contribution in [3.05, 3.63) is 81.5 Å². The number of aromatic nitrogens is 2. The first-order chi connectivity index (χ1) is 16.5. The summed E-state index contributed by atoms with van der Waals surface area (Å²) in [5.74, 6) is 0. The molecule has 0 aliphatic rings. The highest BCUT2D eigenvalue weighted by Crippen LogP contribution is 2.45. The van der Waals surface area contributed by atoms with E-state index >= 15 is 0 Å². The molecule has 0 aliphatic heterocycles. The number of aryl methyl sites for hydroxylation is 4. The number of hydrogen-bond donors (Lipinski definition) is 0. The van der Waals surface area contributed by atoms with E-state index in [1.807, 2.05) is 0 Å². The maximum absolute atomic E-state index is 5.35. The van der Waals surface area contributed by atoms with Crippen molar-refractivity contribution >= 4 is 66.0 Å². The van der Waals surface area contributed by atoms with Crippen LogP contribution in [0.1, 0.15) is 22.3 Å². The summed E-state index contributed by atoms with van der Waals surface area (Å²) in [6.07, 6.45) is 0. The van der Waals surface area contributed by atoms with Gasteiger partial charge < -0.3 is 0 Å². The van der Waals surface area contributed by atoms with Gasteiger partial charge in [0, 0.05) is 21.5 Å². The van der Waals surface area contributed by atoms with Gasteiger partial charge >= 0.3 is 0 Å². The summed E-state index contributed by atoms with van der Waals surface area (Å²) >= 11 is 3.51. The van der Waals surface area contributed by atoms with Crippen LogP contribution in [-0.2, 0) is 0 Å². The van der Waals surface area contributed by atoms with Gasteiger partial charge in [0.25, 0.3) is 0 Å². The highest BCUT2D eigenvalue weighted by Gasteiger charge is 2.23. The van der Waals surface area contributed by atoms with Gasteiger partial charge in [0.05, 0.1) is 32.2 Å². The van der Waals surface area contributed by atoms with Crippen LogP contribution in [0.3, 0.4) is 0 Å². The second-order valence-electron chi connectivity index (χ2n) is 9.18. The van der Waals surface area contributed by atoms with Crippen LogP contribution in [-0.4, -0.2) is 9.97 Å². The van der Waals surface area contributed by atoms with Gasteiger partial charge in [-0.2, -0.15) is 0 Å². The SMILES string of the molecule is Cc1ccc2c3nc(-c4cccs4)c(C)c4c(C)ccc(c5nc(-c6cccs6)c(C)c1c25)c43. The highest BCUT2D eigenvalue weighted by atomic mass is 32.1. The van der Waals surface area contributed by atoms with Crippen molar-refractivity contribution in [2.75, 3.05) is 0 Å². The van der Waals surface area contributed by atoms with Crippen LogP contribution < -0.4 is 0 Å². The molecule has 0 spiro atoms. The second kappa shape index (κ2) is 7.08. The number of rotatable bonds is 2. The molecule has 0 unspecified atom stereocenters. The van der Waals surface area contributed by atoms with Crippen molar-refractivity contribution in [2.24, 2.45) is 0 Å². The molecule has 7 aromatic rings. The van der Waals surface area contributed by atoms with E-state index in [-0.39, 0.29) is 0 Å². The van der Waals surface area contributed by atoms with Gasteiger partial charge in [0.1, 0.15) is 0 Å². The van der Waals surface area contributed by atoms with Gasteiger partial charge in [0.15, 0.2) is 0 Å². The predicted molar refractivity (Wildman–Crippen MR) is 149 cm³/mol. The van der Waals surface area contributed by atoms with E-state index in [2.05, 4.69) is 87.0 Å². The summed E-state index contributed by atoms with van der Waals surface area (Å²) in [6, 6.07) is 17.6. The Hall–Kier alpha value is -3.34. The Morgan fingerprint density at radius 2 is 0.971 bits per heavy atom. The molecule has 0 aliphatic carbocycles. The molecule has 4 heteroatoms. The highest BCUT2D eigenvalue weighted by molar-refractivity contribution is 7.13. The Labute approximate surface area is 205 Å². The predicted octanol–water partition coefficient (Wildman–Crippen LogP) is 9.22. The van der Waals surface area contributed by atoms with Gasteiger partial charge in [-0.05, 0) is 83.6 Å². The minimum atomic E-state index is 1.09. The Balaban J connectivity index is 1.79. The Morgan fingerprint density at radius 1 is 0.529 bits per heavy atom. The molecule has 0 bridgehead atoms. The number of hydrogen-bond acceptors (Lipinski definition) is 4. The molecule has 4 aromatic heterocycles. The van der Waals surface area contributed by atoms with Crippen molar-refractivity contribution in [1.82, 2.24) is 9.97 Å². The molecule has 3 aromatic carbocycles. The molecular formula is C30H22N2S2. The minimum absolute atomic E-state index is 1.09. The van der Waals surface area contributed by atoms with Crippen molar-refractivity contribution in [2.45, 2.75) is 27.7 Å². The molecule has 164 valence electrons. The topological polar surface area (TPSA) is 25.8 Å². The third kappa shape index (κ3) is 2.55. The van der Waals surface area contributed by atoms with Crippen molar-refractivity contribution < 1.29 is 0 Å². The maximum atomic E-state index is 5.35. The average Bonchev–Trinajstić information content (AvgIpc) is 3.55. The lowest BCUT2D eigenvalue weighted by Crippen LogP contribution is -2.00. The number of pyridine rings is 2. The van der Waals surface area contributed by atoms with Gasteiger partial charge in [0.2, 0.25) is 0 Å². The maximum Gasteiger partial charge on any atom is 0.0844 e. The number of thiophene rings is 2. The number of fused-ring (bicyclic) bond motifs is 2. The van der Waals surface area contributed by atoms with Crippen LogP contribution in [0.25, 0.3) is 64.5 Å². The number of nitrogens with zero attached hydrogens (tertiary/aromatic N) is 2. The lowest BCUT2D eigenvalue weighted by Gasteiger charge is -2.20. The zero-order chi connectivity index (χ0) is 23.1. The second-order valence-corrected chi connectivity index (χ2v) is 11.1. The third-order valence-corrected chi connectivity index (χ3v) is 8.98. The van der Waals surface area contributed by atoms with Crippen molar-refractivity contribution in [3.63, 3.8) is 0 Å². The van der Waals surface area contributed by atoms with E-state index in [1.54, 1.807) is 22.7 Å².